The number of carboxylic acid groups (broad SMARTS) is 1. The van der Waals surface area contributed by atoms with Gasteiger partial charge < -0.3 is 5.11 Å². The molecule has 0 spiro atoms. The van der Waals surface area contributed by atoms with Crippen molar-refractivity contribution < 1.29 is 14.3 Å². The summed E-state index contributed by atoms with van der Waals surface area (Å²) in [6.45, 7) is 0. The summed E-state index contributed by atoms with van der Waals surface area (Å²) in [4.78, 5) is 11.0. The monoisotopic (exact) mass is 297 g/mol. The van der Waals surface area contributed by atoms with Crippen LogP contribution in [0, 0.1) is 5.82 Å². The molecule has 22 heavy (non-hydrogen) atoms. The number of carbonyl (C=O) groups is 1. The Bertz CT molecular complexity index is 798. The van der Waals surface area contributed by atoms with Crippen molar-refractivity contribution in [2.24, 2.45) is 0 Å². The van der Waals surface area contributed by atoms with Gasteiger partial charge in [-0.1, -0.05) is 35.5 Å². The number of rotatable bonds is 4. The fraction of sp³-hybridized carbons (Fsp3) is 0.0625. The average molecular weight is 297 g/mol. The largest absolute Gasteiger partial charge is 0.481 e. The third-order valence-electron chi connectivity index (χ3n) is 3.18. The highest BCUT2D eigenvalue weighted by molar-refractivity contribution is 5.74. The van der Waals surface area contributed by atoms with Gasteiger partial charge in [0.1, 0.15) is 11.5 Å². The van der Waals surface area contributed by atoms with Gasteiger partial charge in [0.2, 0.25) is 0 Å². The molecule has 0 radical (unpaired) electrons. The molecule has 110 valence electrons. The number of halogens is 1. The lowest BCUT2D eigenvalue weighted by Crippen LogP contribution is -2.04. The molecule has 0 amide bonds. The lowest BCUT2D eigenvalue weighted by atomic mass is 10.1. The van der Waals surface area contributed by atoms with Gasteiger partial charge in [0.25, 0.3) is 0 Å². The molecule has 1 N–H and O–H groups in total. The summed E-state index contributed by atoms with van der Waals surface area (Å²) in [6.07, 6.45) is -0.231. The molecule has 1 heterocycles. The van der Waals surface area contributed by atoms with Crippen molar-refractivity contribution in [2.45, 2.75) is 6.42 Å². The Labute approximate surface area is 125 Å². The second-order valence-electron chi connectivity index (χ2n) is 4.71. The van der Waals surface area contributed by atoms with Crippen molar-refractivity contribution in [3.05, 3.63) is 66.1 Å². The van der Waals surface area contributed by atoms with Crippen LogP contribution in [0.2, 0.25) is 0 Å². The minimum Gasteiger partial charge on any atom is -0.481 e. The molecule has 5 nitrogen and oxygen atoms in total. The summed E-state index contributed by atoms with van der Waals surface area (Å²) in [5.74, 6) is -1.33. The average Bonchev–Trinajstić information content (AvgIpc) is 2.91. The second-order valence-corrected chi connectivity index (χ2v) is 4.71. The zero-order valence-electron chi connectivity index (χ0n) is 11.5. The number of hydrogen-bond donors (Lipinski definition) is 1. The summed E-state index contributed by atoms with van der Waals surface area (Å²) in [7, 11) is 0. The van der Waals surface area contributed by atoms with Gasteiger partial charge in [0.05, 0.1) is 17.8 Å². The van der Waals surface area contributed by atoms with Gasteiger partial charge in [0, 0.05) is 5.56 Å². The van der Waals surface area contributed by atoms with Gasteiger partial charge in [0.15, 0.2) is 0 Å². The molecule has 0 fully saturated rings. The lowest BCUT2D eigenvalue weighted by Gasteiger charge is -2.08. The molecular weight excluding hydrogens is 285 g/mol. The van der Waals surface area contributed by atoms with Crippen LogP contribution in [0.15, 0.2) is 54.6 Å². The molecule has 0 aliphatic carbocycles. The highest BCUT2D eigenvalue weighted by Crippen LogP contribution is 2.25. The molecule has 0 unspecified atom stereocenters. The van der Waals surface area contributed by atoms with E-state index in [1.54, 1.807) is 12.1 Å². The molecule has 0 bridgehead atoms. The highest BCUT2D eigenvalue weighted by Gasteiger charge is 2.18. The van der Waals surface area contributed by atoms with E-state index in [0.717, 1.165) is 5.56 Å². The van der Waals surface area contributed by atoms with E-state index < -0.39 is 5.97 Å². The van der Waals surface area contributed by atoms with Crippen LogP contribution in [0.25, 0.3) is 16.9 Å². The zero-order valence-corrected chi connectivity index (χ0v) is 11.5. The Morgan fingerprint density at radius 1 is 1.09 bits per heavy atom. The maximum absolute atomic E-state index is 13.1. The normalized spacial score (nSPS) is 10.6. The van der Waals surface area contributed by atoms with Crippen LogP contribution in [0.3, 0.4) is 0 Å². The molecule has 0 saturated carbocycles. The van der Waals surface area contributed by atoms with E-state index in [-0.39, 0.29) is 12.2 Å². The standard InChI is InChI=1S/C16H12FN3O2/c17-12-6-8-13(9-7-12)20-16(11-4-2-1-3-5-11)14(18-19-20)10-15(21)22/h1-9H,10H2,(H,21,22). The minimum atomic E-state index is -0.983. The van der Waals surface area contributed by atoms with Crippen molar-refractivity contribution in [1.29, 1.82) is 0 Å². The van der Waals surface area contributed by atoms with Crippen LogP contribution in [0.4, 0.5) is 4.39 Å². The molecule has 1 aromatic heterocycles. The molecule has 2 aromatic carbocycles. The molecule has 0 atom stereocenters. The Morgan fingerprint density at radius 3 is 2.41 bits per heavy atom. The van der Waals surface area contributed by atoms with E-state index in [0.29, 0.717) is 17.1 Å². The zero-order chi connectivity index (χ0) is 15.5. The predicted octanol–water partition coefficient (Wildman–Crippen LogP) is 2.70. The molecular formula is C16H12FN3O2. The topological polar surface area (TPSA) is 68.0 Å². The van der Waals surface area contributed by atoms with Gasteiger partial charge in [-0.25, -0.2) is 9.07 Å². The molecule has 0 aliphatic heterocycles. The first-order chi connectivity index (χ1) is 10.6. The number of aromatic nitrogens is 3. The van der Waals surface area contributed by atoms with Crippen molar-refractivity contribution in [3.8, 4) is 16.9 Å². The number of carboxylic acids is 1. The molecule has 0 saturated heterocycles. The number of benzene rings is 2. The first-order valence-electron chi connectivity index (χ1n) is 6.63. The SMILES string of the molecule is O=C(O)Cc1nnn(-c2ccc(F)cc2)c1-c1ccccc1. The van der Waals surface area contributed by atoms with E-state index in [2.05, 4.69) is 10.3 Å². The summed E-state index contributed by atoms with van der Waals surface area (Å²) >= 11 is 0. The van der Waals surface area contributed by atoms with Crippen molar-refractivity contribution in [1.82, 2.24) is 15.0 Å². The van der Waals surface area contributed by atoms with E-state index in [1.807, 2.05) is 30.3 Å². The Morgan fingerprint density at radius 2 is 1.77 bits per heavy atom. The predicted molar refractivity (Wildman–Crippen MR) is 78.1 cm³/mol. The van der Waals surface area contributed by atoms with Crippen LogP contribution in [-0.4, -0.2) is 26.1 Å². The third kappa shape index (κ3) is 2.71. The molecule has 6 heteroatoms. The van der Waals surface area contributed by atoms with Gasteiger partial charge in [-0.05, 0) is 24.3 Å². The van der Waals surface area contributed by atoms with Crippen molar-refractivity contribution in [2.75, 3.05) is 0 Å². The number of aliphatic carboxylic acids is 1. The van der Waals surface area contributed by atoms with E-state index in [9.17, 15) is 9.18 Å². The van der Waals surface area contributed by atoms with E-state index >= 15 is 0 Å². The van der Waals surface area contributed by atoms with Crippen LogP contribution in [-0.2, 0) is 11.2 Å². The number of hydrogen-bond acceptors (Lipinski definition) is 3. The number of nitrogens with zero attached hydrogens (tertiary/aromatic N) is 3. The first kappa shape index (κ1) is 13.9. The third-order valence-corrected chi connectivity index (χ3v) is 3.18. The first-order valence-corrected chi connectivity index (χ1v) is 6.63. The lowest BCUT2D eigenvalue weighted by molar-refractivity contribution is -0.136. The van der Waals surface area contributed by atoms with Crippen LogP contribution >= 0.6 is 0 Å². The Hall–Kier alpha value is -3.02. The summed E-state index contributed by atoms with van der Waals surface area (Å²) in [5, 5.41) is 17.0. The van der Waals surface area contributed by atoms with E-state index in [1.165, 1.54) is 16.8 Å². The maximum atomic E-state index is 13.1. The summed E-state index contributed by atoms with van der Waals surface area (Å²) in [6, 6.07) is 15.1. The maximum Gasteiger partial charge on any atom is 0.309 e. The van der Waals surface area contributed by atoms with Gasteiger partial charge in [-0.3, -0.25) is 4.79 Å². The minimum absolute atomic E-state index is 0.231. The van der Waals surface area contributed by atoms with Gasteiger partial charge in [-0.2, -0.15) is 0 Å². The fourth-order valence-electron chi connectivity index (χ4n) is 2.22. The molecule has 3 rings (SSSR count). The Kier molecular flexibility index (Phi) is 3.65. The highest BCUT2D eigenvalue weighted by atomic mass is 19.1. The fourth-order valence-corrected chi connectivity index (χ4v) is 2.22. The summed E-state index contributed by atoms with van der Waals surface area (Å²) < 4.78 is 14.6. The second kappa shape index (κ2) is 5.77. The van der Waals surface area contributed by atoms with Crippen molar-refractivity contribution in [3.63, 3.8) is 0 Å². The van der Waals surface area contributed by atoms with Gasteiger partial charge in [-0.15, -0.1) is 5.10 Å². The summed E-state index contributed by atoms with van der Waals surface area (Å²) in [5.41, 5.74) is 2.37. The van der Waals surface area contributed by atoms with Crippen LogP contribution in [0.1, 0.15) is 5.69 Å². The molecule has 0 aliphatic rings. The Balaban J connectivity index is 2.16. The van der Waals surface area contributed by atoms with E-state index in [4.69, 9.17) is 5.11 Å². The van der Waals surface area contributed by atoms with Crippen LogP contribution < -0.4 is 0 Å². The molecule has 3 aromatic rings. The van der Waals surface area contributed by atoms with Crippen molar-refractivity contribution >= 4 is 5.97 Å². The quantitative estimate of drug-likeness (QED) is 0.804. The van der Waals surface area contributed by atoms with Gasteiger partial charge >= 0.3 is 5.97 Å². The van der Waals surface area contributed by atoms with Crippen LogP contribution in [0.5, 0.6) is 0 Å². The smallest absolute Gasteiger partial charge is 0.309 e.